The van der Waals surface area contributed by atoms with Crippen LogP contribution < -0.4 is 10.4 Å². The second-order valence-electron chi connectivity index (χ2n) is 16.2. The Balaban J connectivity index is 1.24. The highest BCUT2D eigenvalue weighted by molar-refractivity contribution is 5.90. The molecule has 1 aliphatic heterocycles. The quantitative estimate of drug-likeness (QED) is 0.121. The first-order valence-electron chi connectivity index (χ1n) is 19.5. The summed E-state index contributed by atoms with van der Waals surface area (Å²) in [5.41, 5.74) is -2.59. The molecule has 3 heterocycles. The zero-order valence-corrected chi connectivity index (χ0v) is 32.7. The van der Waals surface area contributed by atoms with E-state index in [-0.39, 0.29) is 35.7 Å². The first-order valence-corrected chi connectivity index (χ1v) is 19.5. The van der Waals surface area contributed by atoms with Crippen LogP contribution in [-0.2, 0) is 14.2 Å². The minimum atomic E-state index is -1.47. The van der Waals surface area contributed by atoms with E-state index in [2.05, 4.69) is 4.98 Å². The third-order valence-electron chi connectivity index (χ3n) is 12.8. The van der Waals surface area contributed by atoms with Gasteiger partial charge in [0.2, 0.25) is 0 Å². The standard InChI is InChI=1S/C47H42N2O10/c1-45-21-20-36(57-42(52)30-13-8-5-9-14-30)46(2,27-55-41(51)29-11-6-4-7-12-29)35(45)24-37(58-43(53)31-18-16-28(25-48)17-19-31)47(3)40(45)39(50)38-34(59-47)23-33(56-44(38)54)32-15-10-22-49-26-32/h4-19,22-23,26,35-37,39-40,50H,20-21,24,27H2,1-3H3/t35?,36-,37-,39?,40?,45-,46-,47+/m0/s1. The lowest BCUT2D eigenvalue weighted by molar-refractivity contribution is -0.263. The van der Waals surface area contributed by atoms with Gasteiger partial charge in [0.15, 0.2) is 0 Å². The topological polar surface area (TPSA) is 175 Å². The summed E-state index contributed by atoms with van der Waals surface area (Å²) >= 11 is 0. The van der Waals surface area contributed by atoms with Crippen LogP contribution in [0.15, 0.2) is 125 Å². The van der Waals surface area contributed by atoms with Gasteiger partial charge in [-0.2, -0.15) is 5.26 Å². The number of nitriles is 1. The van der Waals surface area contributed by atoms with Crippen LogP contribution in [0.4, 0.5) is 0 Å². The molecule has 3 aliphatic rings. The van der Waals surface area contributed by atoms with Crippen LogP contribution in [0.2, 0.25) is 0 Å². The number of pyridine rings is 1. The van der Waals surface area contributed by atoms with Gasteiger partial charge in [-0.1, -0.05) is 50.2 Å². The van der Waals surface area contributed by atoms with E-state index in [0.717, 1.165) is 0 Å². The van der Waals surface area contributed by atoms with Crippen molar-refractivity contribution >= 4 is 17.9 Å². The predicted molar refractivity (Wildman–Crippen MR) is 212 cm³/mol. The number of carbonyl (C=O) groups excluding carboxylic acids is 3. The predicted octanol–water partition coefficient (Wildman–Crippen LogP) is 7.51. The molecule has 2 fully saturated rings. The van der Waals surface area contributed by atoms with Gasteiger partial charge in [-0.25, -0.2) is 19.2 Å². The SMILES string of the molecule is C[C@]12CC[C@H](OC(=O)c3ccccc3)[C@@](C)(COC(=O)c3ccccc3)C1C[C@H](OC(=O)c1ccc(C#N)cc1)[C@@]1(C)Oc3cc(-c4cccnc4)oc(=O)c3C(O)C21. The first kappa shape index (κ1) is 39.3. The van der Waals surface area contributed by atoms with Crippen LogP contribution in [0.3, 0.4) is 0 Å². The van der Waals surface area contributed by atoms with E-state index in [1.54, 1.807) is 92.0 Å². The molecule has 0 saturated heterocycles. The average Bonchev–Trinajstić information content (AvgIpc) is 3.25. The van der Waals surface area contributed by atoms with Gasteiger partial charge in [-0.3, -0.25) is 4.98 Å². The smallest absolute Gasteiger partial charge is 0.345 e. The largest absolute Gasteiger partial charge is 0.482 e. The molecule has 1 N–H and O–H groups in total. The van der Waals surface area contributed by atoms with Gasteiger partial charge in [0.1, 0.15) is 41.5 Å². The molecule has 2 aromatic heterocycles. The number of aromatic nitrogens is 1. The summed E-state index contributed by atoms with van der Waals surface area (Å²) in [6, 6.07) is 30.2. The van der Waals surface area contributed by atoms with Crippen molar-refractivity contribution in [2.24, 2.45) is 22.7 Å². The van der Waals surface area contributed by atoms with Crippen molar-refractivity contribution in [1.29, 1.82) is 5.26 Å². The van der Waals surface area contributed by atoms with Crippen LogP contribution in [0.5, 0.6) is 5.75 Å². The molecule has 5 aromatic rings. The van der Waals surface area contributed by atoms with Crippen molar-refractivity contribution in [3.05, 3.63) is 154 Å². The third-order valence-corrected chi connectivity index (χ3v) is 12.8. The molecular weight excluding hydrogens is 753 g/mol. The maximum atomic E-state index is 14.1. The Kier molecular flexibility index (Phi) is 10.2. The van der Waals surface area contributed by atoms with E-state index in [9.17, 15) is 29.5 Å². The molecule has 2 saturated carbocycles. The number of ether oxygens (including phenoxy) is 4. The van der Waals surface area contributed by atoms with E-state index in [0.29, 0.717) is 35.1 Å². The van der Waals surface area contributed by atoms with Crippen LogP contribution in [0, 0.1) is 34.0 Å². The minimum absolute atomic E-state index is 0.0750. The fourth-order valence-electron chi connectivity index (χ4n) is 9.91. The number of aliphatic hydroxyl groups excluding tert-OH is 1. The number of nitrogens with zero attached hydrogens (tertiary/aromatic N) is 2. The summed E-state index contributed by atoms with van der Waals surface area (Å²) in [6.07, 6.45) is 0.618. The van der Waals surface area contributed by atoms with Crippen molar-refractivity contribution in [1.82, 2.24) is 4.98 Å². The van der Waals surface area contributed by atoms with Gasteiger partial charge in [-0.05, 0) is 98.2 Å². The van der Waals surface area contributed by atoms with Gasteiger partial charge in [-0.15, -0.1) is 0 Å². The van der Waals surface area contributed by atoms with Crippen LogP contribution in [-0.4, -0.2) is 52.4 Å². The molecule has 0 radical (unpaired) electrons. The molecule has 8 rings (SSSR count). The van der Waals surface area contributed by atoms with Crippen molar-refractivity contribution in [2.75, 3.05) is 6.61 Å². The van der Waals surface area contributed by atoms with Crippen molar-refractivity contribution in [3.63, 3.8) is 0 Å². The molecule has 12 nitrogen and oxygen atoms in total. The number of aliphatic hydroxyl groups is 1. The molecule has 59 heavy (non-hydrogen) atoms. The Labute approximate surface area is 340 Å². The van der Waals surface area contributed by atoms with E-state index in [4.69, 9.17) is 23.4 Å². The van der Waals surface area contributed by atoms with Crippen molar-refractivity contribution in [2.45, 2.75) is 63.9 Å². The zero-order valence-electron chi connectivity index (χ0n) is 32.7. The number of hydrogen-bond donors (Lipinski definition) is 1. The third kappa shape index (κ3) is 6.95. The molecule has 300 valence electrons. The number of hydrogen-bond acceptors (Lipinski definition) is 12. The van der Waals surface area contributed by atoms with Gasteiger partial charge in [0, 0.05) is 35.4 Å². The fraction of sp³-hybridized carbons (Fsp3) is 0.319. The Morgan fingerprint density at radius 2 is 1.47 bits per heavy atom. The normalized spacial score (nSPS) is 27.9. The lowest BCUT2D eigenvalue weighted by Gasteiger charge is -2.66. The highest BCUT2D eigenvalue weighted by atomic mass is 16.6. The summed E-state index contributed by atoms with van der Waals surface area (Å²) < 4.78 is 31.5. The maximum absolute atomic E-state index is 14.1. The molecule has 0 bridgehead atoms. The zero-order chi connectivity index (χ0) is 41.5. The van der Waals surface area contributed by atoms with E-state index in [1.165, 1.54) is 30.5 Å². The average molecular weight is 795 g/mol. The molecule has 2 aliphatic carbocycles. The van der Waals surface area contributed by atoms with Gasteiger partial charge >= 0.3 is 23.5 Å². The lowest BCUT2D eigenvalue weighted by Crippen LogP contribution is -2.71. The summed E-state index contributed by atoms with van der Waals surface area (Å²) in [4.78, 5) is 59.4. The number of esters is 3. The maximum Gasteiger partial charge on any atom is 0.345 e. The summed E-state index contributed by atoms with van der Waals surface area (Å²) in [6.45, 7) is 5.46. The number of benzene rings is 3. The highest BCUT2D eigenvalue weighted by Gasteiger charge is 2.71. The van der Waals surface area contributed by atoms with Crippen LogP contribution in [0.1, 0.15) is 88.3 Å². The van der Waals surface area contributed by atoms with Crippen LogP contribution in [0.25, 0.3) is 11.3 Å². The van der Waals surface area contributed by atoms with E-state index >= 15 is 0 Å². The molecule has 0 amide bonds. The summed E-state index contributed by atoms with van der Waals surface area (Å²) in [7, 11) is 0. The van der Waals surface area contributed by atoms with E-state index in [1.807, 2.05) is 19.9 Å². The monoisotopic (exact) mass is 794 g/mol. The number of fused-ring (bicyclic) bond motifs is 4. The lowest BCUT2D eigenvalue weighted by atomic mass is 9.42. The Bertz CT molecular complexity index is 2490. The minimum Gasteiger partial charge on any atom is -0.482 e. The molecule has 8 atom stereocenters. The van der Waals surface area contributed by atoms with Crippen LogP contribution >= 0.6 is 0 Å². The van der Waals surface area contributed by atoms with Gasteiger partial charge < -0.3 is 28.5 Å². The van der Waals surface area contributed by atoms with Crippen molar-refractivity contribution in [3.8, 4) is 23.1 Å². The number of carbonyl (C=O) groups is 3. The summed E-state index contributed by atoms with van der Waals surface area (Å²) in [5.74, 6) is -3.04. The first-order chi connectivity index (χ1) is 28.4. The molecule has 12 heteroatoms. The number of rotatable bonds is 8. The van der Waals surface area contributed by atoms with E-state index < -0.39 is 70.1 Å². The highest BCUT2D eigenvalue weighted by Crippen LogP contribution is 2.67. The van der Waals surface area contributed by atoms with Gasteiger partial charge in [0.25, 0.3) is 0 Å². The fourth-order valence-corrected chi connectivity index (χ4v) is 9.91. The second kappa shape index (κ2) is 15.3. The molecule has 0 spiro atoms. The second-order valence-corrected chi connectivity index (χ2v) is 16.2. The Morgan fingerprint density at radius 3 is 2.10 bits per heavy atom. The van der Waals surface area contributed by atoms with Crippen molar-refractivity contribution < 1.29 is 42.9 Å². The summed E-state index contributed by atoms with van der Waals surface area (Å²) in [5, 5.41) is 22.0. The van der Waals surface area contributed by atoms with Gasteiger partial charge in [0.05, 0.1) is 34.4 Å². The Morgan fingerprint density at radius 1 is 0.847 bits per heavy atom. The Hall–Kier alpha value is -6.58. The molecular formula is C47H42N2O10. The molecule has 3 aromatic carbocycles. The molecule has 3 unspecified atom stereocenters.